The fourth-order valence-electron chi connectivity index (χ4n) is 3.69. The zero-order valence-electron chi connectivity index (χ0n) is 24.3. The first-order valence-electron chi connectivity index (χ1n) is 13.4. The van der Waals surface area contributed by atoms with Gasteiger partial charge in [0.1, 0.15) is 18.1 Å². The maximum atomic E-state index is 15.1. The highest BCUT2D eigenvalue weighted by Gasteiger charge is 2.25. The Hall–Kier alpha value is -2.35. The van der Waals surface area contributed by atoms with Gasteiger partial charge in [0.25, 0.3) is 0 Å². The number of fused-ring (bicyclic) bond motifs is 1. The van der Waals surface area contributed by atoms with E-state index in [0.717, 1.165) is 18.2 Å². The topological polar surface area (TPSA) is 89.8 Å². The molecule has 13 heteroatoms. The summed E-state index contributed by atoms with van der Waals surface area (Å²) in [5.41, 5.74) is -0.0290. The number of thiocarbonyl (C=S) groups is 1. The van der Waals surface area contributed by atoms with E-state index in [1.165, 1.54) is 12.3 Å². The predicted octanol–water partition coefficient (Wildman–Crippen LogP) is 6.78. The van der Waals surface area contributed by atoms with Gasteiger partial charge >= 0.3 is 0 Å². The molecule has 0 unspecified atom stereocenters. The molecule has 2 aromatic heterocycles. The van der Waals surface area contributed by atoms with E-state index >= 15 is 8.78 Å². The maximum Gasteiger partial charge on any atom is 0.198 e. The molecule has 41 heavy (non-hydrogen) atoms. The number of aliphatic hydroxyl groups is 1. The lowest BCUT2D eigenvalue weighted by Gasteiger charge is -2.29. The lowest BCUT2D eigenvalue weighted by molar-refractivity contribution is -0.00872. The fraction of sp³-hybridized carbons (Fsp3) is 0.500. The maximum absolute atomic E-state index is 15.1. The van der Waals surface area contributed by atoms with Crippen LogP contribution >= 0.6 is 23.8 Å². The summed E-state index contributed by atoms with van der Waals surface area (Å²) in [6, 6.07) is 4.67. The number of aliphatic hydroxyl groups excluding tert-OH is 1. The largest absolute Gasteiger partial charge is 0.450 e. The van der Waals surface area contributed by atoms with Crippen LogP contribution in [0.25, 0.3) is 11.0 Å². The molecule has 1 aromatic carbocycles. The van der Waals surface area contributed by atoms with E-state index < -0.39 is 30.9 Å². The summed E-state index contributed by atoms with van der Waals surface area (Å²) in [6.07, 6.45) is 3.15. The lowest BCUT2D eigenvalue weighted by Crippen LogP contribution is -2.43. The molecule has 0 spiro atoms. The second kappa shape index (κ2) is 14.2. The number of ether oxygens (including phenoxy) is 3. The first-order valence-corrected chi connectivity index (χ1v) is 17.9. The van der Waals surface area contributed by atoms with Crippen molar-refractivity contribution >= 4 is 53.7 Å². The first-order chi connectivity index (χ1) is 19.2. The Morgan fingerprint density at radius 2 is 1.93 bits per heavy atom. The van der Waals surface area contributed by atoms with Gasteiger partial charge in [0.2, 0.25) is 0 Å². The van der Waals surface area contributed by atoms with Crippen molar-refractivity contribution < 1.29 is 28.1 Å². The summed E-state index contributed by atoms with van der Waals surface area (Å²) in [7, 11) is -1.24. The Balaban J connectivity index is 1.70. The number of hydrogen-bond donors (Lipinski definition) is 3. The van der Waals surface area contributed by atoms with Crippen molar-refractivity contribution in [2.45, 2.75) is 59.3 Å². The minimum absolute atomic E-state index is 0.00969. The molecule has 226 valence electrons. The van der Waals surface area contributed by atoms with E-state index in [2.05, 4.69) is 35.3 Å². The molecule has 0 aliphatic rings. The van der Waals surface area contributed by atoms with Gasteiger partial charge in [0, 0.05) is 56.9 Å². The Kier molecular flexibility index (Phi) is 11.5. The zero-order valence-corrected chi connectivity index (χ0v) is 26.9. The minimum Gasteiger partial charge on any atom is -0.450 e. The molecule has 0 saturated heterocycles. The molecular formula is C28H39ClF2N4O4SSi. The van der Waals surface area contributed by atoms with Crippen molar-refractivity contribution in [1.82, 2.24) is 14.9 Å². The summed E-state index contributed by atoms with van der Waals surface area (Å²) in [5.74, 6) is -2.30. The Labute approximate surface area is 251 Å². The van der Waals surface area contributed by atoms with Crippen LogP contribution in [-0.4, -0.2) is 60.3 Å². The van der Waals surface area contributed by atoms with Crippen molar-refractivity contribution in [3.8, 4) is 11.5 Å². The molecule has 3 rings (SSSR count). The van der Waals surface area contributed by atoms with E-state index in [1.807, 2.05) is 20.8 Å². The second-order valence-corrected chi connectivity index (χ2v) is 18.2. The fourth-order valence-corrected chi connectivity index (χ4v) is 4.93. The number of nitrogens with zero attached hydrogens (tertiary/aromatic N) is 2. The third kappa shape index (κ3) is 9.58. The predicted molar refractivity (Wildman–Crippen MR) is 166 cm³/mol. The van der Waals surface area contributed by atoms with Crippen LogP contribution in [0, 0.1) is 17.0 Å². The zero-order chi connectivity index (χ0) is 30.4. The van der Waals surface area contributed by atoms with E-state index in [9.17, 15) is 5.11 Å². The molecule has 8 nitrogen and oxygen atoms in total. The number of pyridine rings is 1. The molecule has 1 atom stereocenters. The van der Waals surface area contributed by atoms with Gasteiger partial charge in [-0.3, -0.25) is 0 Å². The molecule has 3 N–H and O–H groups in total. The highest BCUT2D eigenvalue weighted by molar-refractivity contribution is 7.80. The van der Waals surface area contributed by atoms with Crippen molar-refractivity contribution in [3.63, 3.8) is 0 Å². The van der Waals surface area contributed by atoms with Crippen LogP contribution in [0.2, 0.25) is 30.7 Å². The standard InChI is InChI=1S/C28H39ClF2N4O4SSi/c1-18(2)38-16-28(3,15-36)14-33-27(40)34-19-11-21(30)25(22(31)12-19)39-23-7-8-32-26-24(23)20(29)13-35(26)17-37-9-10-41(4,5)6/h7-8,11-13,18,36H,9-10,14-17H2,1-6H3,(H2,33,34,40)/t28-/m1/s1. The van der Waals surface area contributed by atoms with E-state index in [-0.39, 0.29) is 42.5 Å². The normalized spacial score (nSPS) is 13.4. The summed E-state index contributed by atoms with van der Waals surface area (Å²) in [5, 5.41) is 16.4. The van der Waals surface area contributed by atoms with Crippen molar-refractivity contribution in [3.05, 3.63) is 47.2 Å². The van der Waals surface area contributed by atoms with Gasteiger partial charge in [-0.2, -0.15) is 0 Å². The average molecular weight is 629 g/mol. The van der Waals surface area contributed by atoms with Crippen LogP contribution in [0.5, 0.6) is 11.5 Å². The lowest BCUT2D eigenvalue weighted by atomic mass is 9.93. The van der Waals surface area contributed by atoms with E-state index in [0.29, 0.717) is 29.3 Å². The van der Waals surface area contributed by atoms with Crippen LogP contribution < -0.4 is 15.4 Å². The number of rotatable bonds is 14. The van der Waals surface area contributed by atoms with Gasteiger partial charge in [0.05, 0.1) is 29.7 Å². The number of hydrogen-bond acceptors (Lipinski definition) is 6. The van der Waals surface area contributed by atoms with Gasteiger partial charge in [-0.05, 0) is 38.2 Å². The number of nitrogens with one attached hydrogen (secondary N) is 2. The highest BCUT2D eigenvalue weighted by Crippen LogP contribution is 2.37. The molecule has 3 aromatic rings. The highest BCUT2D eigenvalue weighted by atomic mass is 35.5. The number of anilines is 1. The van der Waals surface area contributed by atoms with Crippen molar-refractivity contribution in [1.29, 1.82) is 0 Å². The molecule has 0 bridgehead atoms. The molecule has 0 amide bonds. The molecule has 0 aliphatic carbocycles. The van der Waals surface area contributed by atoms with Crippen LogP contribution in [0.4, 0.5) is 14.5 Å². The van der Waals surface area contributed by atoms with Crippen LogP contribution in [0.3, 0.4) is 0 Å². The van der Waals surface area contributed by atoms with Crippen LogP contribution in [-0.2, 0) is 16.2 Å². The Morgan fingerprint density at radius 3 is 2.54 bits per heavy atom. The van der Waals surface area contributed by atoms with Crippen LogP contribution in [0.1, 0.15) is 20.8 Å². The van der Waals surface area contributed by atoms with Gasteiger partial charge in [-0.25, -0.2) is 13.8 Å². The number of aromatic nitrogens is 2. The first kappa shape index (κ1) is 33.2. The Bertz CT molecular complexity index is 1330. The number of halogens is 3. The summed E-state index contributed by atoms with van der Waals surface area (Å²) in [6.45, 7) is 13.8. The van der Waals surface area contributed by atoms with Crippen molar-refractivity contribution in [2.24, 2.45) is 5.41 Å². The smallest absolute Gasteiger partial charge is 0.198 e. The SMILES string of the molecule is CC(C)OC[C@@](C)(CO)CNC(=S)Nc1cc(F)c(Oc2ccnc3c2c(Cl)cn3COCC[Si](C)(C)C)c(F)c1. The average Bonchev–Trinajstić information content (AvgIpc) is 3.22. The molecular weight excluding hydrogens is 590 g/mol. The summed E-state index contributed by atoms with van der Waals surface area (Å²) < 4.78 is 49.0. The van der Waals surface area contributed by atoms with Gasteiger partial charge in [-0.15, -0.1) is 0 Å². The van der Waals surface area contributed by atoms with Crippen molar-refractivity contribution in [2.75, 3.05) is 31.7 Å². The molecule has 0 radical (unpaired) electrons. The Morgan fingerprint density at radius 1 is 1.24 bits per heavy atom. The molecule has 0 aliphatic heterocycles. The second-order valence-electron chi connectivity index (χ2n) is 11.8. The van der Waals surface area contributed by atoms with Gasteiger partial charge in [0.15, 0.2) is 22.5 Å². The van der Waals surface area contributed by atoms with Gasteiger partial charge < -0.3 is 34.5 Å². The molecule has 0 saturated carbocycles. The molecule has 2 heterocycles. The number of benzene rings is 1. The summed E-state index contributed by atoms with van der Waals surface area (Å²) in [4.78, 5) is 4.37. The summed E-state index contributed by atoms with van der Waals surface area (Å²) >= 11 is 11.8. The van der Waals surface area contributed by atoms with E-state index in [1.54, 1.807) is 10.8 Å². The molecule has 0 fully saturated rings. The van der Waals surface area contributed by atoms with Crippen LogP contribution in [0.15, 0.2) is 30.6 Å². The quantitative estimate of drug-likeness (QED) is 0.102. The van der Waals surface area contributed by atoms with Gasteiger partial charge in [-0.1, -0.05) is 38.2 Å². The minimum atomic E-state index is -1.24. The monoisotopic (exact) mass is 628 g/mol. The third-order valence-electron chi connectivity index (χ3n) is 6.19. The third-order valence-corrected chi connectivity index (χ3v) is 8.43. The van der Waals surface area contributed by atoms with E-state index in [4.69, 9.17) is 38.0 Å².